The van der Waals surface area contributed by atoms with Gasteiger partial charge >= 0.3 is 5.97 Å². The molecule has 0 spiro atoms. The van der Waals surface area contributed by atoms with Gasteiger partial charge in [-0.2, -0.15) is 0 Å². The third-order valence-corrected chi connectivity index (χ3v) is 2.50. The Hall–Kier alpha value is -0.650. The van der Waals surface area contributed by atoms with Gasteiger partial charge in [-0.25, -0.2) is 0 Å². The van der Waals surface area contributed by atoms with Crippen molar-refractivity contribution in [3.05, 3.63) is 0 Å². The predicted molar refractivity (Wildman–Crippen MR) is 54.4 cm³/mol. The summed E-state index contributed by atoms with van der Waals surface area (Å²) in [5, 5.41) is 0. The fourth-order valence-corrected chi connectivity index (χ4v) is 1.51. The van der Waals surface area contributed by atoms with Gasteiger partial charge in [0.15, 0.2) is 0 Å². The Morgan fingerprint density at radius 2 is 2.13 bits per heavy atom. The summed E-state index contributed by atoms with van der Waals surface area (Å²) in [6.45, 7) is 3.21. The zero-order valence-corrected chi connectivity index (χ0v) is 9.32. The molecule has 5 heteroatoms. The summed E-state index contributed by atoms with van der Waals surface area (Å²) in [6.07, 6.45) is 0.780. The molecule has 15 heavy (non-hydrogen) atoms. The van der Waals surface area contributed by atoms with Gasteiger partial charge in [0.1, 0.15) is 11.6 Å². The fraction of sp³-hybridized carbons (Fsp3) is 0.900. The summed E-state index contributed by atoms with van der Waals surface area (Å²) in [7, 11) is 1.57. The first-order valence-electron chi connectivity index (χ1n) is 5.15. The van der Waals surface area contributed by atoms with Crippen LogP contribution in [0.15, 0.2) is 0 Å². The minimum absolute atomic E-state index is 0.259. The van der Waals surface area contributed by atoms with Crippen molar-refractivity contribution in [3.63, 3.8) is 0 Å². The quantitative estimate of drug-likeness (QED) is 0.675. The number of rotatable bonds is 4. The molecule has 88 valence electrons. The molecule has 1 aliphatic rings. The number of hydrogen-bond acceptors (Lipinski definition) is 5. The van der Waals surface area contributed by atoms with Crippen LogP contribution in [0.25, 0.3) is 0 Å². The number of esters is 1. The van der Waals surface area contributed by atoms with Gasteiger partial charge < -0.3 is 19.9 Å². The molecule has 2 N–H and O–H groups in total. The Bertz CT molecular complexity index is 213. The van der Waals surface area contributed by atoms with E-state index in [0.29, 0.717) is 32.7 Å². The van der Waals surface area contributed by atoms with E-state index in [-0.39, 0.29) is 12.1 Å². The highest BCUT2D eigenvalue weighted by atomic mass is 16.6. The molecule has 0 aromatic carbocycles. The third kappa shape index (κ3) is 3.44. The molecule has 1 saturated heterocycles. The second kappa shape index (κ2) is 5.44. The van der Waals surface area contributed by atoms with Crippen LogP contribution < -0.4 is 5.73 Å². The lowest BCUT2D eigenvalue weighted by atomic mass is 9.91. The number of ether oxygens (including phenoxy) is 3. The van der Waals surface area contributed by atoms with Crippen molar-refractivity contribution < 1.29 is 19.0 Å². The van der Waals surface area contributed by atoms with Crippen LogP contribution in [0, 0.1) is 0 Å². The topological polar surface area (TPSA) is 70.8 Å². The zero-order valence-electron chi connectivity index (χ0n) is 9.32. The van der Waals surface area contributed by atoms with Gasteiger partial charge in [0.2, 0.25) is 0 Å². The molecule has 1 fully saturated rings. The maximum atomic E-state index is 11.7. The van der Waals surface area contributed by atoms with E-state index in [1.165, 1.54) is 0 Å². The van der Waals surface area contributed by atoms with E-state index >= 15 is 0 Å². The van der Waals surface area contributed by atoms with Crippen molar-refractivity contribution in [3.8, 4) is 0 Å². The molecular formula is C10H19NO4. The van der Waals surface area contributed by atoms with Crippen molar-refractivity contribution in [2.24, 2.45) is 5.73 Å². The zero-order chi connectivity index (χ0) is 11.3. The van der Waals surface area contributed by atoms with Gasteiger partial charge in [-0.3, -0.25) is 4.79 Å². The van der Waals surface area contributed by atoms with E-state index in [9.17, 15) is 4.79 Å². The van der Waals surface area contributed by atoms with E-state index in [2.05, 4.69) is 0 Å². The van der Waals surface area contributed by atoms with Crippen molar-refractivity contribution in [1.82, 2.24) is 0 Å². The van der Waals surface area contributed by atoms with Crippen molar-refractivity contribution in [2.45, 2.75) is 31.4 Å². The van der Waals surface area contributed by atoms with Gasteiger partial charge in [-0.05, 0) is 19.8 Å². The summed E-state index contributed by atoms with van der Waals surface area (Å²) < 4.78 is 15.2. The smallest absolute Gasteiger partial charge is 0.326 e. The van der Waals surface area contributed by atoms with Crippen LogP contribution in [-0.2, 0) is 19.0 Å². The van der Waals surface area contributed by atoms with Crippen molar-refractivity contribution >= 4 is 5.97 Å². The Kier molecular flexibility index (Phi) is 4.50. The second-order valence-electron chi connectivity index (χ2n) is 3.94. The molecule has 0 bridgehead atoms. The summed E-state index contributed by atoms with van der Waals surface area (Å²) in [6, 6.07) is 0. The number of hydrogen-bond donors (Lipinski definition) is 1. The van der Waals surface area contributed by atoms with Crippen LogP contribution in [0.5, 0.6) is 0 Å². The minimum Gasteiger partial charge on any atom is -0.459 e. The highest BCUT2D eigenvalue weighted by molar-refractivity contribution is 5.80. The second-order valence-corrected chi connectivity index (χ2v) is 3.94. The van der Waals surface area contributed by atoms with E-state index in [1.807, 2.05) is 0 Å². The average molecular weight is 217 g/mol. The molecule has 0 aromatic rings. The van der Waals surface area contributed by atoms with Crippen molar-refractivity contribution in [1.29, 1.82) is 0 Å². The normalized spacial score (nSPS) is 22.1. The number of nitrogens with two attached hydrogens (primary N) is 1. The first-order valence-corrected chi connectivity index (χ1v) is 5.15. The standard InChI is InChI=1S/C10H19NO4/c1-8(7-13-2)15-9(12)10(11)3-5-14-6-4-10/h8H,3-7,11H2,1-2H3. The Morgan fingerprint density at radius 1 is 1.53 bits per heavy atom. The summed E-state index contributed by atoms with van der Waals surface area (Å²) >= 11 is 0. The van der Waals surface area contributed by atoms with Crippen LogP contribution in [0.1, 0.15) is 19.8 Å². The minimum atomic E-state index is -0.875. The SMILES string of the molecule is COCC(C)OC(=O)C1(N)CCOCC1. The molecule has 1 unspecified atom stereocenters. The predicted octanol–water partition coefficient (Wildman–Crippen LogP) is 0.0724. The van der Waals surface area contributed by atoms with E-state index < -0.39 is 5.54 Å². The van der Waals surface area contributed by atoms with Crippen LogP contribution in [0.4, 0.5) is 0 Å². The lowest BCUT2D eigenvalue weighted by Crippen LogP contribution is -2.53. The summed E-state index contributed by atoms with van der Waals surface area (Å²) in [5.41, 5.74) is 5.08. The molecule has 1 aliphatic heterocycles. The number of methoxy groups -OCH3 is 1. The molecule has 1 atom stereocenters. The molecule has 0 amide bonds. The van der Waals surface area contributed by atoms with E-state index in [4.69, 9.17) is 19.9 Å². The average Bonchev–Trinajstić information content (AvgIpc) is 2.19. The Labute approximate surface area is 89.9 Å². The van der Waals surface area contributed by atoms with Crippen LogP contribution in [0.3, 0.4) is 0 Å². The molecule has 0 aliphatic carbocycles. The molecule has 1 heterocycles. The fourth-order valence-electron chi connectivity index (χ4n) is 1.51. The van der Waals surface area contributed by atoms with Crippen LogP contribution in [0.2, 0.25) is 0 Å². The number of carbonyl (C=O) groups excluding carboxylic acids is 1. The molecule has 5 nitrogen and oxygen atoms in total. The Balaban J connectivity index is 2.44. The maximum absolute atomic E-state index is 11.7. The molecule has 0 radical (unpaired) electrons. The van der Waals surface area contributed by atoms with Gasteiger partial charge in [0.25, 0.3) is 0 Å². The van der Waals surface area contributed by atoms with Crippen LogP contribution >= 0.6 is 0 Å². The lowest BCUT2D eigenvalue weighted by molar-refractivity contribution is -0.160. The van der Waals surface area contributed by atoms with E-state index in [0.717, 1.165) is 0 Å². The summed E-state index contributed by atoms with van der Waals surface area (Å²) in [5.74, 6) is -0.352. The van der Waals surface area contributed by atoms with E-state index in [1.54, 1.807) is 14.0 Å². The van der Waals surface area contributed by atoms with Gasteiger partial charge in [-0.15, -0.1) is 0 Å². The third-order valence-electron chi connectivity index (χ3n) is 2.50. The highest BCUT2D eigenvalue weighted by Gasteiger charge is 2.38. The molecular weight excluding hydrogens is 198 g/mol. The first-order chi connectivity index (χ1) is 7.08. The lowest BCUT2D eigenvalue weighted by Gasteiger charge is -2.31. The Morgan fingerprint density at radius 3 is 2.67 bits per heavy atom. The van der Waals surface area contributed by atoms with Crippen molar-refractivity contribution in [2.75, 3.05) is 26.9 Å². The largest absolute Gasteiger partial charge is 0.459 e. The summed E-state index contributed by atoms with van der Waals surface area (Å²) in [4.78, 5) is 11.7. The molecule has 1 rings (SSSR count). The van der Waals surface area contributed by atoms with Gasteiger partial charge in [0, 0.05) is 20.3 Å². The molecule has 0 aromatic heterocycles. The van der Waals surface area contributed by atoms with Gasteiger partial charge in [-0.1, -0.05) is 0 Å². The van der Waals surface area contributed by atoms with Gasteiger partial charge in [0.05, 0.1) is 6.61 Å². The number of carbonyl (C=O) groups is 1. The highest BCUT2D eigenvalue weighted by Crippen LogP contribution is 2.19. The molecule has 0 saturated carbocycles. The monoisotopic (exact) mass is 217 g/mol. The van der Waals surface area contributed by atoms with Crippen LogP contribution in [-0.4, -0.2) is 44.5 Å². The first kappa shape index (κ1) is 12.4. The maximum Gasteiger partial charge on any atom is 0.326 e.